The van der Waals surface area contributed by atoms with Crippen LogP contribution in [0, 0.1) is 21.7 Å². The predicted molar refractivity (Wildman–Crippen MR) is 205 cm³/mol. The van der Waals surface area contributed by atoms with E-state index in [9.17, 15) is 38.4 Å². The van der Waals surface area contributed by atoms with Gasteiger partial charge in [-0.3, -0.25) is 0 Å². The van der Waals surface area contributed by atoms with E-state index in [4.69, 9.17) is 37.9 Å². The first-order valence-electron chi connectivity index (χ1n) is 17.8. The Morgan fingerprint density at radius 2 is 0.793 bits per heavy atom. The third-order valence-electron chi connectivity index (χ3n) is 8.57. The maximum Gasteiger partial charge on any atom is 0.407 e. The molecule has 1 saturated carbocycles. The minimum atomic E-state index is -1.54. The molecule has 2 amide bonds. The van der Waals surface area contributed by atoms with Gasteiger partial charge in [-0.1, -0.05) is 60.2 Å². The zero-order chi connectivity index (χ0) is 44.0. The fourth-order valence-electron chi connectivity index (χ4n) is 6.05. The van der Waals surface area contributed by atoms with Gasteiger partial charge in [0.2, 0.25) is 0 Å². The minimum absolute atomic E-state index is 0.0684. The summed E-state index contributed by atoms with van der Waals surface area (Å²) in [5.74, 6) is -5.02. The first-order valence-corrected chi connectivity index (χ1v) is 17.8. The largest absolute Gasteiger partial charge is 0.462 e. The second-order valence-electron chi connectivity index (χ2n) is 14.8. The van der Waals surface area contributed by atoms with Crippen molar-refractivity contribution in [2.45, 2.75) is 46.1 Å². The summed E-state index contributed by atoms with van der Waals surface area (Å²) in [5, 5.41) is 5.54. The molecule has 2 atom stereocenters. The average Bonchev–Trinajstić information content (AvgIpc) is 3.19. The van der Waals surface area contributed by atoms with Gasteiger partial charge in [0.25, 0.3) is 0 Å². The van der Waals surface area contributed by atoms with Crippen LogP contribution >= 0.6 is 0 Å². The molecule has 18 nitrogen and oxygen atoms in total. The third-order valence-corrected chi connectivity index (χ3v) is 8.57. The first kappa shape index (κ1) is 49.8. The van der Waals surface area contributed by atoms with E-state index >= 15 is 0 Å². The number of esters is 6. The molecule has 0 radical (unpaired) electrons. The quantitative estimate of drug-likeness (QED) is 0.0763. The zero-order valence-corrected chi connectivity index (χ0v) is 33.3. The second-order valence-corrected chi connectivity index (χ2v) is 14.8. The van der Waals surface area contributed by atoms with Crippen molar-refractivity contribution in [3.63, 3.8) is 0 Å². The topological polar surface area (TPSA) is 234 Å². The van der Waals surface area contributed by atoms with Gasteiger partial charge in [-0.2, -0.15) is 0 Å². The van der Waals surface area contributed by atoms with Crippen LogP contribution in [0.25, 0.3) is 0 Å². The summed E-state index contributed by atoms with van der Waals surface area (Å²) in [6.45, 7) is 21.8. The number of rotatable bonds is 25. The van der Waals surface area contributed by atoms with Crippen molar-refractivity contribution in [3.8, 4) is 0 Å². The lowest BCUT2D eigenvalue weighted by Gasteiger charge is -2.46. The highest BCUT2D eigenvalue weighted by Crippen LogP contribution is 2.46. The standard InChI is InChI=1S/C40H54N2O16/c1-10-29(43)51-20-39(21-52-30(44)11-2,22-53-31(45)12-3)26-57-35(49)41-19-38(9)17-28(16-37(7,8)18-38)42-36(50)58-27-40(23-54-32(46)13-4,24-55-33(47)14-5)25-56-34(48)15-6/h10-15,28H,1-6,16-27H2,7-9H3,(H,41,49)(H,42,50). The molecule has 320 valence electrons. The van der Waals surface area contributed by atoms with Gasteiger partial charge in [-0.25, -0.2) is 38.4 Å². The summed E-state index contributed by atoms with van der Waals surface area (Å²) in [6, 6.07) is -0.476. The number of amides is 2. The SMILES string of the molecule is C=CC(=O)OCC(COC(=O)C=C)(COC(=O)C=C)COC(=O)NCC1(C)CC(NC(=O)OCC(COC(=O)C=C)(COC(=O)C=C)COC(=O)C=C)CC(C)(C)C1. The van der Waals surface area contributed by atoms with Gasteiger partial charge in [0.15, 0.2) is 0 Å². The number of alkyl carbamates (subject to hydrolysis) is 2. The first-order chi connectivity index (χ1) is 27.2. The Hall–Kier alpha value is -6.20. The van der Waals surface area contributed by atoms with E-state index in [-0.39, 0.29) is 12.0 Å². The van der Waals surface area contributed by atoms with E-state index in [0.29, 0.717) is 19.3 Å². The Morgan fingerprint density at radius 3 is 1.10 bits per heavy atom. The summed E-state index contributed by atoms with van der Waals surface area (Å²) in [6.07, 6.45) is 5.04. The van der Waals surface area contributed by atoms with Crippen molar-refractivity contribution in [2.24, 2.45) is 21.7 Å². The van der Waals surface area contributed by atoms with Crippen molar-refractivity contribution in [2.75, 3.05) is 59.4 Å². The van der Waals surface area contributed by atoms with Crippen LogP contribution in [0.5, 0.6) is 0 Å². The van der Waals surface area contributed by atoms with E-state index in [1.54, 1.807) is 0 Å². The van der Waals surface area contributed by atoms with E-state index in [0.717, 1.165) is 36.5 Å². The molecule has 1 rings (SSSR count). The minimum Gasteiger partial charge on any atom is -0.462 e. The molecular weight excluding hydrogens is 764 g/mol. The maximum absolute atomic E-state index is 13.2. The van der Waals surface area contributed by atoms with E-state index < -0.39 is 123 Å². The molecule has 1 aliphatic rings. The van der Waals surface area contributed by atoms with Crippen molar-refractivity contribution >= 4 is 48.0 Å². The highest BCUT2D eigenvalue weighted by molar-refractivity contribution is 5.83. The number of hydrogen-bond acceptors (Lipinski definition) is 16. The summed E-state index contributed by atoms with van der Waals surface area (Å²) >= 11 is 0. The molecule has 0 spiro atoms. The molecule has 58 heavy (non-hydrogen) atoms. The fourth-order valence-corrected chi connectivity index (χ4v) is 6.05. The molecule has 0 bridgehead atoms. The van der Waals surface area contributed by atoms with Crippen molar-refractivity contribution in [3.05, 3.63) is 75.9 Å². The molecular formula is C40H54N2O16. The van der Waals surface area contributed by atoms with Crippen LogP contribution in [0.4, 0.5) is 9.59 Å². The third kappa shape index (κ3) is 18.6. The molecule has 2 N–H and O–H groups in total. The molecule has 0 aromatic carbocycles. The normalized spacial score (nSPS) is 16.9. The molecule has 2 unspecified atom stereocenters. The highest BCUT2D eigenvalue weighted by atomic mass is 16.6. The monoisotopic (exact) mass is 818 g/mol. The summed E-state index contributed by atoms with van der Waals surface area (Å²) in [7, 11) is 0. The molecule has 0 aromatic rings. The van der Waals surface area contributed by atoms with Gasteiger partial charge < -0.3 is 48.5 Å². The number of ether oxygens (including phenoxy) is 8. The number of carbonyl (C=O) groups is 8. The van der Waals surface area contributed by atoms with Gasteiger partial charge in [0.05, 0.1) is 0 Å². The van der Waals surface area contributed by atoms with Crippen LogP contribution in [-0.2, 0) is 66.7 Å². The lowest BCUT2D eigenvalue weighted by Crippen LogP contribution is -2.51. The summed E-state index contributed by atoms with van der Waals surface area (Å²) < 4.78 is 42.0. The number of carbonyl (C=O) groups excluding carboxylic acids is 8. The Morgan fingerprint density at radius 1 is 0.500 bits per heavy atom. The van der Waals surface area contributed by atoms with Crippen LogP contribution in [0.1, 0.15) is 40.0 Å². The lowest BCUT2D eigenvalue weighted by atomic mass is 9.62. The van der Waals surface area contributed by atoms with Crippen molar-refractivity contribution in [1.82, 2.24) is 10.6 Å². The molecule has 1 fully saturated rings. The summed E-state index contributed by atoms with van der Waals surface area (Å²) in [4.78, 5) is 97.8. The summed E-state index contributed by atoms with van der Waals surface area (Å²) in [5.41, 5.74) is -4.05. The number of hydrogen-bond donors (Lipinski definition) is 2. The average molecular weight is 819 g/mol. The smallest absolute Gasteiger partial charge is 0.407 e. The second kappa shape index (κ2) is 23.8. The van der Waals surface area contributed by atoms with Gasteiger partial charge >= 0.3 is 48.0 Å². The van der Waals surface area contributed by atoms with Gasteiger partial charge in [0, 0.05) is 49.0 Å². The van der Waals surface area contributed by atoms with Gasteiger partial charge in [-0.05, 0) is 30.1 Å². The van der Waals surface area contributed by atoms with Crippen LogP contribution in [0.2, 0.25) is 0 Å². The van der Waals surface area contributed by atoms with Gasteiger partial charge in [-0.15, -0.1) is 0 Å². The van der Waals surface area contributed by atoms with Crippen LogP contribution in [-0.4, -0.2) is 113 Å². The molecule has 18 heteroatoms. The molecule has 0 aromatic heterocycles. The van der Waals surface area contributed by atoms with Crippen molar-refractivity contribution < 1.29 is 76.3 Å². The number of nitrogens with one attached hydrogen (secondary N) is 2. The molecule has 0 heterocycles. The van der Waals surface area contributed by atoms with Gasteiger partial charge in [0.1, 0.15) is 63.7 Å². The lowest BCUT2D eigenvalue weighted by molar-refractivity contribution is -0.161. The van der Waals surface area contributed by atoms with Crippen LogP contribution in [0.3, 0.4) is 0 Å². The predicted octanol–water partition coefficient (Wildman–Crippen LogP) is 3.37. The molecule has 1 aliphatic carbocycles. The van der Waals surface area contributed by atoms with Crippen molar-refractivity contribution in [1.29, 1.82) is 0 Å². The Labute approximate surface area is 337 Å². The zero-order valence-electron chi connectivity index (χ0n) is 33.3. The fraction of sp³-hybridized carbons (Fsp3) is 0.500. The van der Waals surface area contributed by atoms with E-state index in [1.165, 1.54) is 0 Å². The van der Waals surface area contributed by atoms with Crippen LogP contribution in [0.15, 0.2) is 75.9 Å². The highest BCUT2D eigenvalue weighted by Gasteiger charge is 2.43. The molecule has 0 saturated heterocycles. The van der Waals surface area contributed by atoms with E-state index in [2.05, 4.69) is 50.1 Å². The Bertz CT molecular complexity index is 1460. The van der Waals surface area contributed by atoms with E-state index in [1.807, 2.05) is 20.8 Å². The molecule has 0 aliphatic heterocycles. The Kier molecular flexibility index (Phi) is 20.4. The van der Waals surface area contributed by atoms with Crippen LogP contribution < -0.4 is 10.6 Å². The maximum atomic E-state index is 13.2. The Balaban J connectivity index is 3.13.